The number of amides is 1. The monoisotopic (exact) mass is 467 g/mol. The number of Topliss-reactive ketones (excluding diaryl/α,β-unsaturated/α-hetero) is 2. The first-order valence-corrected chi connectivity index (χ1v) is 11.1. The first-order valence-electron chi connectivity index (χ1n) is 11.1. The second-order valence-corrected chi connectivity index (χ2v) is 9.07. The predicted octanol–water partition coefficient (Wildman–Crippen LogP) is 4.81. The predicted molar refractivity (Wildman–Crippen MR) is 124 cm³/mol. The van der Waals surface area contributed by atoms with Crippen LogP contribution in [-0.2, 0) is 14.3 Å². The fourth-order valence-corrected chi connectivity index (χ4v) is 3.49. The van der Waals surface area contributed by atoms with Crippen LogP contribution in [0.5, 0.6) is 11.5 Å². The maximum atomic E-state index is 12.5. The van der Waals surface area contributed by atoms with E-state index in [1.807, 2.05) is 0 Å². The van der Waals surface area contributed by atoms with Gasteiger partial charge in [-0.3, -0.25) is 14.5 Å². The van der Waals surface area contributed by atoms with Crippen LogP contribution in [0.1, 0.15) is 61.3 Å². The van der Waals surface area contributed by atoms with Gasteiger partial charge in [0.05, 0.1) is 0 Å². The molecule has 0 bridgehead atoms. The Labute approximate surface area is 198 Å². The van der Waals surface area contributed by atoms with Gasteiger partial charge in [-0.25, -0.2) is 9.59 Å². The number of likely N-dealkylation sites (tertiary alicyclic amines) is 1. The van der Waals surface area contributed by atoms with Crippen LogP contribution < -0.4 is 4.74 Å². The Balaban J connectivity index is 1.54. The van der Waals surface area contributed by atoms with Crippen molar-refractivity contribution >= 4 is 23.6 Å². The molecule has 3 rings (SSSR count). The van der Waals surface area contributed by atoms with Gasteiger partial charge in [0, 0.05) is 17.7 Å². The summed E-state index contributed by atoms with van der Waals surface area (Å²) in [4.78, 5) is 50.2. The number of hydrogen-bond donors (Lipinski definition) is 0. The lowest BCUT2D eigenvalue weighted by Crippen LogP contribution is -2.44. The fraction of sp³-hybridized carbons (Fsp3) is 0.385. The van der Waals surface area contributed by atoms with E-state index < -0.39 is 30.3 Å². The third-order valence-corrected chi connectivity index (χ3v) is 5.15. The van der Waals surface area contributed by atoms with Crippen LogP contribution in [0.3, 0.4) is 0 Å². The van der Waals surface area contributed by atoms with Crippen molar-refractivity contribution in [3.8, 4) is 11.5 Å². The molecule has 1 amide bonds. The number of ether oxygens (including phenoxy) is 3. The normalized spacial score (nSPS) is 15.5. The lowest BCUT2D eigenvalue weighted by molar-refractivity contribution is -0.147. The van der Waals surface area contributed by atoms with E-state index in [2.05, 4.69) is 0 Å². The Morgan fingerprint density at radius 3 is 2.32 bits per heavy atom. The van der Waals surface area contributed by atoms with Crippen molar-refractivity contribution in [2.45, 2.75) is 52.2 Å². The van der Waals surface area contributed by atoms with Crippen molar-refractivity contribution in [2.75, 3.05) is 13.2 Å². The molecule has 2 aromatic rings. The summed E-state index contributed by atoms with van der Waals surface area (Å²) in [5.41, 5.74) is 0.225. The molecular formula is C26H29NO7. The molecule has 0 saturated carbocycles. The first kappa shape index (κ1) is 25.0. The molecule has 0 spiro atoms. The maximum Gasteiger partial charge on any atom is 0.411 e. The van der Waals surface area contributed by atoms with E-state index in [0.717, 1.165) is 0 Å². The Kier molecular flexibility index (Phi) is 7.71. The van der Waals surface area contributed by atoms with Gasteiger partial charge in [-0.15, -0.1) is 0 Å². The quantitative estimate of drug-likeness (QED) is 0.426. The molecule has 34 heavy (non-hydrogen) atoms. The second-order valence-electron chi connectivity index (χ2n) is 9.07. The summed E-state index contributed by atoms with van der Waals surface area (Å²) >= 11 is 0. The van der Waals surface area contributed by atoms with Gasteiger partial charge in [-0.05, 0) is 76.9 Å². The highest BCUT2D eigenvalue weighted by Crippen LogP contribution is 2.24. The lowest BCUT2D eigenvalue weighted by Gasteiger charge is -2.27. The van der Waals surface area contributed by atoms with Crippen molar-refractivity contribution in [3.05, 3.63) is 59.7 Å². The molecule has 180 valence electrons. The zero-order chi connectivity index (χ0) is 24.9. The average molecular weight is 468 g/mol. The fourth-order valence-electron chi connectivity index (χ4n) is 3.49. The molecular weight excluding hydrogens is 438 g/mol. The van der Waals surface area contributed by atoms with Gasteiger partial charge in [0.25, 0.3) is 0 Å². The molecule has 0 N–H and O–H groups in total. The standard InChI is InChI=1S/C26H29NO7/c1-17(28)19-7-5-8-21(15-19)33-20-12-10-18(11-13-20)23(29)16-32-24(30)22-9-6-14-27(22)25(31)34-26(2,3)4/h5,7-8,10-13,15,22H,6,9,14,16H2,1-4H3/t22-/m0/s1. The summed E-state index contributed by atoms with van der Waals surface area (Å²) in [6.07, 6.45) is 0.551. The Hall–Kier alpha value is -3.68. The highest BCUT2D eigenvalue weighted by molar-refractivity contribution is 5.98. The molecule has 8 heteroatoms. The molecule has 1 saturated heterocycles. The van der Waals surface area contributed by atoms with Crippen LogP contribution in [0, 0.1) is 0 Å². The molecule has 1 aliphatic rings. The van der Waals surface area contributed by atoms with Gasteiger partial charge in [0.15, 0.2) is 18.2 Å². The molecule has 1 atom stereocenters. The minimum absolute atomic E-state index is 0.0623. The number of benzene rings is 2. The summed E-state index contributed by atoms with van der Waals surface area (Å²) in [6.45, 7) is 6.72. The van der Waals surface area contributed by atoms with Crippen LogP contribution in [0.4, 0.5) is 4.79 Å². The Morgan fingerprint density at radius 1 is 0.971 bits per heavy atom. The van der Waals surface area contributed by atoms with E-state index in [1.54, 1.807) is 69.3 Å². The van der Waals surface area contributed by atoms with Gasteiger partial charge in [-0.1, -0.05) is 12.1 Å². The Bertz CT molecular complexity index is 1070. The number of carbonyl (C=O) groups excluding carboxylic acids is 4. The maximum absolute atomic E-state index is 12.5. The third kappa shape index (κ3) is 6.66. The topological polar surface area (TPSA) is 99.2 Å². The van der Waals surface area contributed by atoms with Crippen molar-refractivity contribution in [3.63, 3.8) is 0 Å². The molecule has 0 unspecified atom stereocenters. The van der Waals surface area contributed by atoms with Crippen LogP contribution >= 0.6 is 0 Å². The number of esters is 1. The molecule has 8 nitrogen and oxygen atoms in total. The minimum Gasteiger partial charge on any atom is -0.457 e. The SMILES string of the molecule is CC(=O)c1cccc(Oc2ccc(C(=O)COC(=O)[C@@H]3CCCN3C(=O)OC(C)(C)C)cc2)c1. The van der Waals surface area contributed by atoms with Gasteiger partial charge in [-0.2, -0.15) is 0 Å². The highest BCUT2D eigenvalue weighted by atomic mass is 16.6. The van der Waals surface area contributed by atoms with Gasteiger partial charge in [0.2, 0.25) is 0 Å². The van der Waals surface area contributed by atoms with Gasteiger partial charge < -0.3 is 14.2 Å². The largest absolute Gasteiger partial charge is 0.457 e. The summed E-state index contributed by atoms with van der Waals surface area (Å²) in [7, 11) is 0. The van der Waals surface area contributed by atoms with Crippen molar-refractivity contribution in [2.24, 2.45) is 0 Å². The molecule has 0 radical (unpaired) electrons. The van der Waals surface area contributed by atoms with Crippen LogP contribution in [0.25, 0.3) is 0 Å². The number of hydrogen-bond acceptors (Lipinski definition) is 7. The molecule has 0 aliphatic carbocycles. The molecule has 0 aromatic heterocycles. The van der Waals surface area contributed by atoms with Crippen molar-refractivity contribution in [1.29, 1.82) is 0 Å². The van der Waals surface area contributed by atoms with Crippen molar-refractivity contribution < 1.29 is 33.4 Å². The third-order valence-electron chi connectivity index (χ3n) is 5.15. The zero-order valence-corrected chi connectivity index (χ0v) is 19.8. The number of nitrogens with zero attached hydrogens (tertiary/aromatic N) is 1. The molecule has 1 heterocycles. The summed E-state index contributed by atoms with van der Waals surface area (Å²) in [6, 6.07) is 12.4. The van der Waals surface area contributed by atoms with E-state index in [-0.39, 0.29) is 11.6 Å². The first-order chi connectivity index (χ1) is 16.0. The van der Waals surface area contributed by atoms with E-state index in [9.17, 15) is 19.2 Å². The van der Waals surface area contributed by atoms with Crippen LogP contribution in [0.2, 0.25) is 0 Å². The van der Waals surface area contributed by atoms with E-state index in [1.165, 1.54) is 11.8 Å². The van der Waals surface area contributed by atoms with Crippen LogP contribution in [-0.4, -0.2) is 53.3 Å². The van der Waals surface area contributed by atoms with E-state index in [0.29, 0.717) is 42.0 Å². The average Bonchev–Trinajstić information content (AvgIpc) is 3.27. The minimum atomic E-state index is -0.760. The highest BCUT2D eigenvalue weighted by Gasteiger charge is 2.37. The molecule has 1 aliphatic heterocycles. The zero-order valence-electron chi connectivity index (χ0n) is 19.8. The smallest absolute Gasteiger partial charge is 0.411 e. The van der Waals surface area contributed by atoms with Gasteiger partial charge in [0.1, 0.15) is 23.1 Å². The van der Waals surface area contributed by atoms with E-state index in [4.69, 9.17) is 14.2 Å². The lowest BCUT2D eigenvalue weighted by atomic mass is 10.1. The summed E-state index contributed by atoms with van der Waals surface area (Å²) in [5, 5.41) is 0. The summed E-state index contributed by atoms with van der Waals surface area (Å²) < 4.78 is 16.3. The number of rotatable bonds is 7. The van der Waals surface area contributed by atoms with E-state index >= 15 is 0 Å². The second kappa shape index (κ2) is 10.5. The Morgan fingerprint density at radius 2 is 1.68 bits per heavy atom. The number of carbonyl (C=O) groups is 4. The molecule has 1 fully saturated rings. The molecule has 2 aromatic carbocycles. The number of ketones is 2. The van der Waals surface area contributed by atoms with Crippen molar-refractivity contribution in [1.82, 2.24) is 4.90 Å². The summed E-state index contributed by atoms with van der Waals surface area (Å²) in [5.74, 6) is -0.0601. The van der Waals surface area contributed by atoms with Crippen LogP contribution in [0.15, 0.2) is 48.5 Å². The van der Waals surface area contributed by atoms with Gasteiger partial charge >= 0.3 is 12.1 Å².